The van der Waals surface area contributed by atoms with Crippen molar-refractivity contribution in [1.29, 1.82) is 0 Å². The van der Waals surface area contributed by atoms with Crippen LogP contribution in [0.5, 0.6) is 0 Å². The zero-order valence-corrected chi connectivity index (χ0v) is 11.7. The van der Waals surface area contributed by atoms with Crippen molar-refractivity contribution in [3.63, 3.8) is 0 Å². The van der Waals surface area contributed by atoms with E-state index in [0.717, 1.165) is 22.7 Å². The number of carboxylic acid groups (broad SMARTS) is 1. The van der Waals surface area contributed by atoms with E-state index in [1.165, 1.54) is 7.05 Å². The lowest BCUT2D eigenvalue weighted by Gasteiger charge is -2.15. The smallest absolute Gasteiger partial charge is 0.306 e. The van der Waals surface area contributed by atoms with Crippen molar-refractivity contribution >= 4 is 21.9 Å². The van der Waals surface area contributed by atoms with E-state index in [0.29, 0.717) is 5.69 Å². The molecule has 0 spiro atoms. The van der Waals surface area contributed by atoms with Gasteiger partial charge in [0.05, 0.1) is 11.6 Å². The molecule has 1 saturated carbocycles. The molecule has 0 atom stereocenters. The number of hydrogen-bond donors (Lipinski definition) is 2. The topological polar surface area (TPSA) is 101 Å². The van der Waals surface area contributed by atoms with Crippen LogP contribution in [0.3, 0.4) is 0 Å². The molecule has 0 unspecified atom stereocenters. The molecule has 2 rings (SSSR count). The third-order valence-electron chi connectivity index (χ3n) is 2.71. The Kier molecular flexibility index (Phi) is 4.90. The van der Waals surface area contributed by atoms with E-state index in [4.69, 9.17) is 10.2 Å². The van der Waals surface area contributed by atoms with Crippen LogP contribution in [0, 0.1) is 12.8 Å². The number of hydrogen-bond acceptors (Lipinski definition) is 3. The number of anilines is 1. The number of benzene rings is 1. The van der Waals surface area contributed by atoms with Crippen LogP contribution < -0.4 is 9.44 Å². The Labute approximate surface area is 113 Å². The molecule has 1 fully saturated rings. The summed E-state index contributed by atoms with van der Waals surface area (Å²) in [4.78, 5) is 9.76. The zero-order chi connectivity index (χ0) is 14.6. The third-order valence-corrected chi connectivity index (χ3v) is 3.68. The van der Waals surface area contributed by atoms with Gasteiger partial charge in [0.15, 0.2) is 0 Å². The van der Waals surface area contributed by atoms with Crippen LogP contribution in [0.25, 0.3) is 0 Å². The minimum atomic E-state index is -3.64. The summed E-state index contributed by atoms with van der Waals surface area (Å²) in [5.74, 6) is -0.611. The fourth-order valence-electron chi connectivity index (χ4n) is 1.23. The number of nitrogens with zero attached hydrogens (tertiary/aromatic N) is 1. The van der Waals surface area contributed by atoms with Crippen molar-refractivity contribution < 1.29 is 18.3 Å². The van der Waals surface area contributed by atoms with Gasteiger partial charge in [0.25, 0.3) is 10.2 Å². The molecule has 7 heteroatoms. The first-order valence-electron chi connectivity index (χ1n) is 5.78. The zero-order valence-electron chi connectivity index (χ0n) is 10.9. The fraction of sp³-hybridized carbons (Fsp3) is 0.417. The molecular formula is C12H18N2O4S. The Morgan fingerprint density at radius 3 is 2.05 bits per heavy atom. The number of nitrogens with two attached hydrogens (primary N) is 1. The lowest BCUT2D eigenvalue weighted by molar-refractivity contribution is -0.138. The summed E-state index contributed by atoms with van der Waals surface area (Å²) in [6, 6.07) is 7.08. The molecule has 6 nitrogen and oxygen atoms in total. The van der Waals surface area contributed by atoms with Gasteiger partial charge in [-0.15, -0.1) is 0 Å². The van der Waals surface area contributed by atoms with Crippen molar-refractivity contribution in [2.45, 2.75) is 19.8 Å². The highest BCUT2D eigenvalue weighted by Gasteiger charge is 2.28. The molecule has 1 aliphatic rings. The predicted molar refractivity (Wildman–Crippen MR) is 73.0 cm³/mol. The number of aliphatic carboxylic acids is 1. The Morgan fingerprint density at radius 2 is 1.79 bits per heavy atom. The second-order valence-electron chi connectivity index (χ2n) is 4.46. The van der Waals surface area contributed by atoms with Gasteiger partial charge in [0, 0.05) is 7.05 Å². The van der Waals surface area contributed by atoms with Gasteiger partial charge in [0.1, 0.15) is 0 Å². The van der Waals surface area contributed by atoms with E-state index in [1.54, 1.807) is 12.1 Å². The van der Waals surface area contributed by atoms with Crippen molar-refractivity contribution in [3.05, 3.63) is 29.8 Å². The standard InChI is InChI=1S/C8H12N2O2S.C4H6O2/c1-7-3-5-8(6-4-7)10(2)13(9,11)12;5-4(6)3-1-2-3/h3-6H,1-2H3,(H2,9,11,12);3H,1-2H2,(H,5,6). The average Bonchev–Trinajstić information content (AvgIpc) is 3.12. The van der Waals surface area contributed by atoms with Crippen LogP contribution in [-0.4, -0.2) is 26.5 Å². The monoisotopic (exact) mass is 286 g/mol. The highest BCUT2D eigenvalue weighted by atomic mass is 32.2. The molecule has 0 saturated heterocycles. The Hall–Kier alpha value is -1.60. The van der Waals surface area contributed by atoms with E-state index < -0.39 is 16.2 Å². The number of carboxylic acids is 1. The van der Waals surface area contributed by atoms with Crippen LogP contribution in [0.4, 0.5) is 5.69 Å². The lowest BCUT2D eigenvalue weighted by Crippen LogP contribution is -2.32. The molecule has 0 bridgehead atoms. The summed E-state index contributed by atoms with van der Waals surface area (Å²) >= 11 is 0. The molecule has 19 heavy (non-hydrogen) atoms. The average molecular weight is 286 g/mol. The largest absolute Gasteiger partial charge is 0.481 e. The van der Waals surface area contributed by atoms with Crippen LogP contribution in [0.15, 0.2) is 24.3 Å². The van der Waals surface area contributed by atoms with Crippen molar-refractivity contribution in [2.24, 2.45) is 11.1 Å². The van der Waals surface area contributed by atoms with E-state index in [1.807, 2.05) is 19.1 Å². The normalized spacial score (nSPS) is 14.3. The van der Waals surface area contributed by atoms with Gasteiger partial charge in [-0.05, 0) is 31.9 Å². The molecule has 1 aliphatic carbocycles. The van der Waals surface area contributed by atoms with Gasteiger partial charge in [-0.1, -0.05) is 17.7 Å². The van der Waals surface area contributed by atoms with Crippen molar-refractivity contribution in [1.82, 2.24) is 0 Å². The van der Waals surface area contributed by atoms with E-state index >= 15 is 0 Å². The summed E-state index contributed by atoms with van der Waals surface area (Å²) in [5, 5.41) is 13.0. The highest BCUT2D eigenvalue weighted by molar-refractivity contribution is 7.90. The molecule has 0 amide bonds. The van der Waals surface area contributed by atoms with Crippen LogP contribution in [-0.2, 0) is 15.0 Å². The molecule has 1 aromatic carbocycles. The highest BCUT2D eigenvalue weighted by Crippen LogP contribution is 2.28. The number of rotatable bonds is 3. The fourth-order valence-corrected chi connectivity index (χ4v) is 1.65. The van der Waals surface area contributed by atoms with Crippen molar-refractivity contribution in [3.8, 4) is 0 Å². The maximum absolute atomic E-state index is 10.9. The molecule has 1 aromatic rings. The van der Waals surface area contributed by atoms with E-state index in [-0.39, 0.29) is 5.92 Å². The third kappa shape index (κ3) is 5.27. The maximum atomic E-state index is 10.9. The predicted octanol–water partition coefficient (Wildman–Crippen LogP) is 1.12. The van der Waals surface area contributed by atoms with E-state index in [9.17, 15) is 13.2 Å². The second kappa shape index (κ2) is 6.03. The minimum Gasteiger partial charge on any atom is -0.481 e. The molecular weight excluding hydrogens is 268 g/mol. The first kappa shape index (κ1) is 15.5. The first-order chi connectivity index (χ1) is 8.71. The van der Waals surface area contributed by atoms with E-state index in [2.05, 4.69) is 0 Å². The summed E-state index contributed by atoms with van der Waals surface area (Å²) in [6.45, 7) is 1.93. The Morgan fingerprint density at radius 1 is 1.32 bits per heavy atom. The second-order valence-corrected chi connectivity index (χ2v) is 6.04. The SMILES string of the molecule is Cc1ccc(N(C)S(N)(=O)=O)cc1.O=C(O)C1CC1. The maximum Gasteiger partial charge on any atom is 0.306 e. The first-order valence-corrected chi connectivity index (χ1v) is 7.28. The van der Waals surface area contributed by atoms with Gasteiger partial charge < -0.3 is 5.11 Å². The number of aryl methyl sites for hydroxylation is 1. The molecule has 0 aromatic heterocycles. The number of carbonyl (C=O) groups is 1. The van der Waals surface area contributed by atoms with Crippen LogP contribution in [0.1, 0.15) is 18.4 Å². The summed E-state index contributed by atoms with van der Waals surface area (Å²) in [6.07, 6.45) is 1.80. The van der Waals surface area contributed by atoms with Gasteiger partial charge >= 0.3 is 5.97 Å². The van der Waals surface area contributed by atoms with Crippen molar-refractivity contribution in [2.75, 3.05) is 11.4 Å². The van der Waals surface area contributed by atoms with Gasteiger partial charge in [-0.25, -0.2) is 5.14 Å². The Balaban J connectivity index is 0.000000250. The summed E-state index contributed by atoms with van der Waals surface area (Å²) < 4.78 is 22.9. The summed E-state index contributed by atoms with van der Waals surface area (Å²) in [5.41, 5.74) is 1.64. The quantitative estimate of drug-likeness (QED) is 0.869. The van der Waals surface area contributed by atoms with Gasteiger partial charge in [-0.2, -0.15) is 8.42 Å². The van der Waals surface area contributed by atoms with Gasteiger partial charge in [-0.3, -0.25) is 9.10 Å². The molecule has 0 heterocycles. The summed E-state index contributed by atoms with van der Waals surface area (Å²) in [7, 11) is -2.22. The van der Waals surface area contributed by atoms with Gasteiger partial charge in [0.2, 0.25) is 0 Å². The van der Waals surface area contributed by atoms with Crippen LogP contribution >= 0.6 is 0 Å². The minimum absolute atomic E-state index is 0.0185. The lowest BCUT2D eigenvalue weighted by atomic mass is 10.2. The Bertz CT molecular complexity index is 535. The molecule has 106 valence electrons. The molecule has 0 radical (unpaired) electrons. The molecule has 0 aliphatic heterocycles. The molecule has 3 N–H and O–H groups in total. The van der Waals surface area contributed by atoms with Crippen LogP contribution in [0.2, 0.25) is 0 Å².